The summed E-state index contributed by atoms with van der Waals surface area (Å²) in [6, 6.07) is 11.2. The Labute approximate surface area is 137 Å². The van der Waals surface area contributed by atoms with Crippen molar-refractivity contribution in [2.75, 3.05) is 7.05 Å². The fourth-order valence-corrected chi connectivity index (χ4v) is 2.59. The van der Waals surface area contributed by atoms with Gasteiger partial charge in [-0.05, 0) is 31.2 Å². The molecule has 0 saturated heterocycles. The van der Waals surface area contributed by atoms with E-state index in [2.05, 4.69) is 61.7 Å². The Bertz CT molecular complexity index is 628. The topological polar surface area (TPSA) is 54.2 Å². The second kappa shape index (κ2) is 7.81. The van der Waals surface area contributed by atoms with Crippen LogP contribution in [0.5, 0.6) is 0 Å². The van der Waals surface area contributed by atoms with E-state index in [-0.39, 0.29) is 0 Å². The number of nitrogens with one attached hydrogen (secondary N) is 2. The van der Waals surface area contributed by atoms with Gasteiger partial charge in [0.25, 0.3) is 0 Å². The van der Waals surface area contributed by atoms with E-state index >= 15 is 0 Å². The van der Waals surface area contributed by atoms with Crippen LogP contribution in [0.25, 0.3) is 0 Å². The van der Waals surface area contributed by atoms with Gasteiger partial charge in [-0.25, -0.2) is 4.98 Å². The van der Waals surface area contributed by atoms with Crippen molar-refractivity contribution in [3.05, 3.63) is 54.1 Å². The van der Waals surface area contributed by atoms with Gasteiger partial charge in [-0.15, -0.1) is 0 Å². The molecule has 1 fully saturated rings. The molecule has 5 nitrogen and oxygen atoms in total. The molecule has 2 aromatic rings. The van der Waals surface area contributed by atoms with Crippen LogP contribution in [0.1, 0.15) is 30.7 Å². The molecule has 23 heavy (non-hydrogen) atoms. The van der Waals surface area contributed by atoms with Crippen LogP contribution in [-0.2, 0) is 19.5 Å². The van der Waals surface area contributed by atoms with Gasteiger partial charge >= 0.3 is 0 Å². The summed E-state index contributed by atoms with van der Waals surface area (Å²) >= 11 is 0. The summed E-state index contributed by atoms with van der Waals surface area (Å²) < 4.78 is 2.22. The van der Waals surface area contributed by atoms with Crippen molar-refractivity contribution >= 4 is 5.96 Å². The van der Waals surface area contributed by atoms with Crippen LogP contribution in [0.15, 0.2) is 47.7 Å². The second-order valence-corrected chi connectivity index (χ2v) is 5.97. The summed E-state index contributed by atoms with van der Waals surface area (Å²) in [6.07, 6.45) is 8.62. The highest BCUT2D eigenvalue weighted by Gasteiger charge is 2.22. The van der Waals surface area contributed by atoms with E-state index in [1.165, 1.54) is 18.4 Å². The Morgan fingerprint density at radius 2 is 2.13 bits per heavy atom. The molecule has 0 bridgehead atoms. The number of nitrogens with zero attached hydrogens (tertiary/aromatic N) is 3. The number of benzene rings is 1. The molecule has 122 valence electrons. The number of hydrogen-bond donors (Lipinski definition) is 2. The van der Waals surface area contributed by atoms with Crippen molar-refractivity contribution in [3.8, 4) is 0 Å². The predicted molar refractivity (Wildman–Crippen MR) is 93.3 cm³/mol. The van der Waals surface area contributed by atoms with Crippen LogP contribution >= 0.6 is 0 Å². The molecule has 1 aromatic heterocycles. The average molecular weight is 311 g/mol. The lowest BCUT2D eigenvalue weighted by molar-refractivity contribution is 0.600. The summed E-state index contributed by atoms with van der Waals surface area (Å²) in [5.74, 6) is 1.92. The van der Waals surface area contributed by atoms with Crippen LogP contribution in [0.2, 0.25) is 0 Å². The third-order valence-electron chi connectivity index (χ3n) is 4.06. The molecule has 2 N–H and O–H groups in total. The number of imidazole rings is 1. The zero-order chi connectivity index (χ0) is 15.9. The molecule has 1 aromatic carbocycles. The van der Waals surface area contributed by atoms with Crippen LogP contribution in [0, 0.1) is 0 Å². The van der Waals surface area contributed by atoms with Crippen molar-refractivity contribution in [1.82, 2.24) is 20.2 Å². The summed E-state index contributed by atoms with van der Waals surface area (Å²) in [5, 5.41) is 6.74. The van der Waals surface area contributed by atoms with Crippen molar-refractivity contribution in [1.29, 1.82) is 0 Å². The van der Waals surface area contributed by atoms with E-state index in [0.29, 0.717) is 12.6 Å². The fraction of sp³-hybridized carbons (Fsp3) is 0.444. The molecule has 0 amide bonds. The van der Waals surface area contributed by atoms with E-state index < -0.39 is 0 Å². The third-order valence-corrected chi connectivity index (χ3v) is 4.06. The molecule has 1 heterocycles. The average Bonchev–Trinajstić information content (AvgIpc) is 3.30. The van der Waals surface area contributed by atoms with Gasteiger partial charge in [-0.2, -0.15) is 0 Å². The molecule has 1 aliphatic rings. The van der Waals surface area contributed by atoms with Crippen LogP contribution in [-0.4, -0.2) is 28.6 Å². The molecule has 0 atom stereocenters. The van der Waals surface area contributed by atoms with E-state index in [9.17, 15) is 0 Å². The zero-order valence-electron chi connectivity index (χ0n) is 13.7. The van der Waals surface area contributed by atoms with Gasteiger partial charge in [-0.1, -0.05) is 30.3 Å². The Morgan fingerprint density at radius 1 is 1.30 bits per heavy atom. The minimum Gasteiger partial charge on any atom is -0.354 e. The van der Waals surface area contributed by atoms with Gasteiger partial charge in [0.05, 0.1) is 6.54 Å². The highest BCUT2D eigenvalue weighted by atomic mass is 15.2. The maximum atomic E-state index is 4.46. The first-order valence-electron chi connectivity index (χ1n) is 8.36. The molecular formula is C18H25N5. The van der Waals surface area contributed by atoms with Crippen molar-refractivity contribution < 1.29 is 0 Å². The van der Waals surface area contributed by atoms with Crippen molar-refractivity contribution in [3.63, 3.8) is 0 Å². The van der Waals surface area contributed by atoms with Gasteiger partial charge in [0.1, 0.15) is 5.82 Å². The molecule has 0 spiro atoms. The number of aromatic nitrogens is 2. The smallest absolute Gasteiger partial charge is 0.191 e. The Hall–Kier alpha value is -2.30. The standard InChI is InChI=1S/C18H25N5/c1-19-18(22-16-9-10-16)21-14-17-20-11-13-23(17)12-5-8-15-6-3-2-4-7-15/h2-4,6-7,11,13,16H,5,8-10,12,14H2,1H3,(H2,19,21,22). The lowest BCUT2D eigenvalue weighted by Gasteiger charge is -2.12. The molecule has 5 heteroatoms. The molecular weight excluding hydrogens is 286 g/mol. The van der Waals surface area contributed by atoms with E-state index in [0.717, 1.165) is 31.2 Å². The molecule has 1 aliphatic carbocycles. The minimum atomic E-state index is 0.604. The Morgan fingerprint density at radius 3 is 2.87 bits per heavy atom. The lowest BCUT2D eigenvalue weighted by atomic mass is 10.1. The fourth-order valence-electron chi connectivity index (χ4n) is 2.59. The highest BCUT2D eigenvalue weighted by molar-refractivity contribution is 5.80. The Kier molecular flexibility index (Phi) is 5.29. The first-order chi connectivity index (χ1) is 11.3. The number of aryl methyl sites for hydroxylation is 2. The third kappa shape index (κ3) is 4.84. The van der Waals surface area contributed by atoms with E-state index in [4.69, 9.17) is 0 Å². The lowest BCUT2D eigenvalue weighted by Crippen LogP contribution is -2.38. The molecule has 3 rings (SSSR count). The van der Waals surface area contributed by atoms with Crippen LogP contribution in [0.4, 0.5) is 0 Å². The maximum absolute atomic E-state index is 4.46. The van der Waals surface area contributed by atoms with Gasteiger partial charge in [0, 0.05) is 32.0 Å². The monoisotopic (exact) mass is 311 g/mol. The molecule has 0 aliphatic heterocycles. The normalized spacial score (nSPS) is 14.7. The summed E-state index contributed by atoms with van der Waals surface area (Å²) in [6.45, 7) is 1.69. The number of guanidine groups is 1. The summed E-state index contributed by atoms with van der Waals surface area (Å²) in [7, 11) is 1.81. The van der Waals surface area contributed by atoms with E-state index in [1.807, 2.05) is 13.2 Å². The van der Waals surface area contributed by atoms with E-state index in [1.54, 1.807) is 0 Å². The first-order valence-corrected chi connectivity index (χ1v) is 8.36. The summed E-state index contributed by atoms with van der Waals surface area (Å²) in [4.78, 5) is 8.72. The van der Waals surface area contributed by atoms with Gasteiger partial charge in [0.2, 0.25) is 0 Å². The minimum absolute atomic E-state index is 0.604. The largest absolute Gasteiger partial charge is 0.354 e. The molecule has 0 unspecified atom stereocenters. The second-order valence-electron chi connectivity index (χ2n) is 5.97. The Balaban J connectivity index is 1.46. The SMILES string of the molecule is CN=C(NCc1nccn1CCCc1ccccc1)NC1CC1. The number of aliphatic imine (C=N–C) groups is 1. The van der Waals surface area contributed by atoms with Crippen LogP contribution in [0.3, 0.4) is 0 Å². The number of rotatable bonds is 7. The van der Waals surface area contributed by atoms with Crippen molar-refractivity contribution in [2.24, 2.45) is 4.99 Å². The summed E-state index contributed by atoms with van der Waals surface area (Å²) in [5.41, 5.74) is 1.39. The van der Waals surface area contributed by atoms with Gasteiger partial charge in [-0.3, -0.25) is 4.99 Å². The maximum Gasteiger partial charge on any atom is 0.191 e. The number of hydrogen-bond acceptors (Lipinski definition) is 2. The highest BCUT2D eigenvalue weighted by Crippen LogP contribution is 2.18. The van der Waals surface area contributed by atoms with Gasteiger partial charge < -0.3 is 15.2 Å². The molecule has 1 saturated carbocycles. The van der Waals surface area contributed by atoms with Crippen molar-refractivity contribution in [2.45, 2.75) is 44.8 Å². The predicted octanol–water partition coefficient (Wildman–Crippen LogP) is 2.34. The molecule has 0 radical (unpaired) electrons. The zero-order valence-corrected chi connectivity index (χ0v) is 13.7. The van der Waals surface area contributed by atoms with Gasteiger partial charge in [0.15, 0.2) is 5.96 Å². The van der Waals surface area contributed by atoms with Crippen LogP contribution < -0.4 is 10.6 Å². The first kappa shape index (κ1) is 15.6. The quantitative estimate of drug-likeness (QED) is 0.609.